The van der Waals surface area contributed by atoms with Crippen molar-refractivity contribution in [1.29, 1.82) is 0 Å². The summed E-state index contributed by atoms with van der Waals surface area (Å²) in [7, 11) is 1.33. The normalized spacial score (nSPS) is 11.2. The third-order valence-corrected chi connectivity index (χ3v) is 7.83. The summed E-state index contributed by atoms with van der Waals surface area (Å²) in [5.41, 5.74) is 2.00. The largest absolute Gasteiger partial charge is 0.463 e. The van der Waals surface area contributed by atoms with Crippen LogP contribution < -0.4 is 0 Å². The van der Waals surface area contributed by atoms with E-state index in [1.54, 1.807) is 35.2 Å². The van der Waals surface area contributed by atoms with E-state index in [2.05, 4.69) is 20.8 Å². The molecule has 0 fully saturated rings. The maximum Gasteiger partial charge on any atom is 0.373 e. The average molecular weight is 495 g/mol. The highest BCUT2D eigenvalue weighted by Crippen LogP contribution is 2.33. The molecule has 5 aromatic rings. The van der Waals surface area contributed by atoms with Crippen LogP contribution in [0.4, 0.5) is 0 Å². The molecule has 0 radical (unpaired) electrons. The molecule has 0 aliphatic heterocycles. The summed E-state index contributed by atoms with van der Waals surface area (Å²) in [5.74, 6) is 2.33. The first kappa shape index (κ1) is 21.7. The highest BCUT2D eigenvalue weighted by Gasteiger charge is 2.17. The Labute approximate surface area is 202 Å². The Kier molecular flexibility index (Phi) is 6.47. The van der Waals surface area contributed by atoms with Crippen LogP contribution >= 0.6 is 34.9 Å². The standard InChI is InChI=1S/C23H18N4O3S3/c1-29-21(28)18-12-11-16(30-18)13-31-22-26-25-20(27(22)15-7-3-2-4-8-15)14-32-23-24-17-9-5-6-10-19(17)33-23/h2-12H,13-14H2,1H3. The van der Waals surface area contributed by atoms with E-state index in [-0.39, 0.29) is 5.76 Å². The molecule has 10 heteroatoms. The lowest BCUT2D eigenvalue weighted by molar-refractivity contribution is 0.0563. The number of furan rings is 1. The second-order valence-electron chi connectivity index (χ2n) is 6.85. The number of hydrogen-bond donors (Lipinski definition) is 0. The zero-order chi connectivity index (χ0) is 22.6. The van der Waals surface area contributed by atoms with Crippen LogP contribution in [0.5, 0.6) is 0 Å². The Morgan fingerprint density at radius 3 is 2.64 bits per heavy atom. The Morgan fingerprint density at radius 2 is 1.82 bits per heavy atom. The molecule has 0 aliphatic carbocycles. The lowest BCUT2D eigenvalue weighted by atomic mass is 10.3. The lowest BCUT2D eigenvalue weighted by Crippen LogP contribution is -2.01. The van der Waals surface area contributed by atoms with Crippen molar-refractivity contribution >= 4 is 51.0 Å². The molecule has 0 unspecified atom stereocenters. The van der Waals surface area contributed by atoms with Gasteiger partial charge in [-0.3, -0.25) is 4.57 Å². The first-order chi connectivity index (χ1) is 16.2. The summed E-state index contributed by atoms with van der Waals surface area (Å²) in [4.78, 5) is 16.3. The van der Waals surface area contributed by atoms with Crippen molar-refractivity contribution in [3.8, 4) is 5.69 Å². The fraction of sp³-hybridized carbons (Fsp3) is 0.130. The molecule has 0 spiro atoms. The zero-order valence-corrected chi connectivity index (χ0v) is 20.0. The third kappa shape index (κ3) is 4.82. The van der Waals surface area contributed by atoms with E-state index in [4.69, 9.17) is 14.1 Å². The fourth-order valence-electron chi connectivity index (χ4n) is 3.16. The van der Waals surface area contributed by atoms with Crippen molar-refractivity contribution in [1.82, 2.24) is 19.7 Å². The first-order valence-corrected chi connectivity index (χ1v) is 12.8. The molecule has 5 rings (SSSR count). The second-order valence-corrected chi connectivity index (χ2v) is 10.0. The van der Waals surface area contributed by atoms with E-state index >= 15 is 0 Å². The van der Waals surface area contributed by atoms with Gasteiger partial charge in [0.25, 0.3) is 0 Å². The minimum atomic E-state index is -0.493. The summed E-state index contributed by atoms with van der Waals surface area (Å²) in [6.45, 7) is 0. The molecule has 7 nitrogen and oxygen atoms in total. The van der Waals surface area contributed by atoms with E-state index in [9.17, 15) is 4.79 Å². The van der Waals surface area contributed by atoms with Gasteiger partial charge in [-0.15, -0.1) is 21.5 Å². The number of hydrogen-bond acceptors (Lipinski definition) is 9. The molecule has 0 amide bonds. The highest BCUT2D eigenvalue weighted by molar-refractivity contribution is 8.00. The summed E-state index contributed by atoms with van der Waals surface area (Å²) in [6, 6.07) is 21.5. The van der Waals surface area contributed by atoms with Crippen LogP contribution in [0.3, 0.4) is 0 Å². The van der Waals surface area contributed by atoms with Gasteiger partial charge in [0.05, 0.1) is 28.8 Å². The highest BCUT2D eigenvalue weighted by atomic mass is 32.2. The number of methoxy groups -OCH3 is 1. The average Bonchev–Trinajstić information content (AvgIpc) is 3.59. The van der Waals surface area contributed by atoms with E-state index < -0.39 is 5.97 Å². The first-order valence-electron chi connectivity index (χ1n) is 9.99. The molecular weight excluding hydrogens is 476 g/mol. The number of aromatic nitrogens is 4. The summed E-state index contributed by atoms with van der Waals surface area (Å²) in [6.07, 6.45) is 0. The van der Waals surface area contributed by atoms with Crippen LogP contribution in [-0.4, -0.2) is 32.8 Å². The van der Waals surface area contributed by atoms with E-state index in [1.165, 1.54) is 23.6 Å². The Balaban J connectivity index is 1.36. The monoisotopic (exact) mass is 494 g/mol. The van der Waals surface area contributed by atoms with Gasteiger partial charge in [0.15, 0.2) is 9.50 Å². The SMILES string of the molecule is COC(=O)c1ccc(CSc2nnc(CSc3nc4ccccc4s3)n2-c2ccccc2)o1. The van der Waals surface area contributed by atoms with Crippen LogP contribution in [0.1, 0.15) is 22.1 Å². The van der Waals surface area contributed by atoms with Gasteiger partial charge < -0.3 is 9.15 Å². The number of fused-ring (bicyclic) bond motifs is 1. The van der Waals surface area contributed by atoms with Gasteiger partial charge >= 0.3 is 5.97 Å². The lowest BCUT2D eigenvalue weighted by Gasteiger charge is -2.09. The smallest absolute Gasteiger partial charge is 0.373 e. The number of thiazole rings is 1. The van der Waals surface area contributed by atoms with E-state index in [0.29, 0.717) is 17.3 Å². The summed E-state index contributed by atoms with van der Waals surface area (Å²) in [5, 5.41) is 9.64. The summed E-state index contributed by atoms with van der Waals surface area (Å²) >= 11 is 4.82. The van der Waals surface area contributed by atoms with E-state index in [0.717, 1.165) is 26.5 Å². The Hall–Kier alpha value is -3.08. The van der Waals surface area contributed by atoms with Crippen LogP contribution in [-0.2, 0) is 16.2 Å². The summed E-state index contributed by atoms with van der Waals surface area (Å²) < 4.78 is 14.5. The minimum absolute atomic E-state index is 0.186. The molecule has 0 N–H and O–H groups in total. The number of nitrogens with zero attached hydrogens (tertiary/aromatic N) is 4. The molecule has 0 saturated carbocycles. The maximum atomic E-state index is 11.6. The van der Waals surface area contributed by atoms with Gasteiger partial charge in [-0.2, -0.15) is 0 Å². The molecule has 0 bridgehead atoms. The van der Waals surface area contributed by atoms with Gasteiger partial charge in [-0.1, -0.05) is 53.9 Å². The van der Waals surface area contributed by atoms with Crippen molar-refractivity contribution < 1.29 is 13.9 Å². The molecular formula is C23H18N4O3S3. The van der Waals surface area contributed by atoms with Gasteiger partial charge in [0, 0.05) is 5.69 Å². The van der Waals surface area contributed by atoms with Crippen LogP contribution in [0.25, 0.3) is 15.9 Å². The van der Waals surface area contributed by atoms with Gasteiger partial charge in [-0.05, 0) is 36.4 Å². The minimum Gasteiger partial charge on any atom is -0.463 e. The van der Waals surface area contributed by atoms with Crippen molar-refractivity contribution in [2.45, 2.75) is 21.0 Å². The van der Waals surface area contributed by atoms with Crippen molar-refractivity contribution in [3.05, 3.63) is 84.1 Å². The quantitative estimate of drug-likeness (QED) is 0.196. The number of ether oxygens (including phenoxy) is 1. The number of thioether (sulfide) groups is 2. The third-order valence-electron chi connectivity index (χ3n) is 4.71. The number of benzene rings is 2. The number of esters is 1. The number of para-hydroxylation sites is 2. The molecule has 3 heterocycles. The van der Waals surface area contributed by atoms with Crippen molar-refractivity contribution in [3.63, 3.8) is 0 Å². The zero-order valence-electron chi connectivity index (χ0n) is 17.5. The topological polar surface area (TPSA) is 83.0 Å². The number of carbonyl (C=O) groups excluding carboxylic acids is 1. The number of rotatable bonds is 8. The van der Waals surface area contributed by atoms with Crippen LogP contribution in [0, 0.1) is 0 Å². The molecule has 0 saturated heterocycles. The molecule has 0 aliphatic rings. The van der Waals surface area contributed by atoms with Gasteiger partial charge in [0.1, 0.15) is 11.6 Å². The predicted octanol–water partition coefficient (Wildman–Crippen LogP) is 5.84. The Bertz CT molecular complexity index is 1360. The molecule has 0 atom stereocenters. The Morgan fingerprint density at radius 1 is 1.00 bits per heavy atom. The fourth-order valence-corrected chi connectivity index (χ4v) is 6.01. The molecule has 2 aromatic carbocycles. The van der Waals surface area contributed by atoms with Crippen LogP contribution in [0.15, 0.2) is 80.6 Å². The number of carbonyl (C=O) groups is 1. The van der Waals surface area contributed by atoms with Crippen molar-refractivity contribution in [2.24, 2.45) is 0 Å². The maximum absolute atomic E-state index is 11.6. The van der Waals surface area contributed by atoms with E-state index in [1.807, 2.05) is 48.5 Å². The van der Waals surface area contributed by atoms with Crippen molar-refractivity contribution in [2.75, 3.05) is 7.11 Å². The molecule has 3 aromatic heterocycles. The predicted molar refractivity (Wildman–Crippen MR) is 130 cm³/mol. The molecule has 33 heavy (non-hydrogen) atoms. The van der Waals surface area contributed by atoms with Crippen LogP contribution in [0.2, 0.25) is 0 Å². The molecule has 166 valence electrons. The van der Waals surface area contributed by atoms with Gasteiger partial charge in [0.2, 0.25) is 5.76 Å². The second kappa shape index (κ2) is 9.82. The van der Waals surface area contributed by atoms with Gasteiger partial charge in [-0.25, -0.2) is 9.78 Å².